The Morgan fingerprint density at radius 1 is 1.05 bits per heavy atom. The van der Waals surface area contributed by atoms with Crippen molar-refractivity contribution >= 4 is 5.97 Å². The molecule has 0 aliphatic heterocycles. The molecule has 1 unspecified atom stereocenters. The van der Waals surface area contributed by atoms with E-state index in [1.807, 2.05) is 30.3 Å². The Morgan fingerprint density at radius 3 is 2.36 bits per heavy atom. The molecule has 5 nitrogen and oxygen atoms in total. The number of benzene rings is 2. The summed E-state index contributed by atoms with van der Waals surface area (Å²) in [5, 5.41) is 17.8. The lowest BCUT2D eigenvalue weighted by molar-refractivity contribution is 0.00933. The van der Waals surface area contributed by atoms with E-state index in [4.69, 9.17) is 19.7 Å². The number of ether oxygens (including phenoxy) is 2. The van der Waals surface area contributed by atoms with Crippen molar-refractivity contribution in [2.75, 3.05) is 13.2 Å². The van der Waals surface area contributed by atoms with Crippen molar-refractivity contribution in [3.63, 3.8) is 0 Å². The van der Waals surface area contributed by atoms with Crippen LogP contribution < -0.4 is 4.74 Å². The van der Waals surface area contributed by atoms with Gasteiger partial charge in [-0.25, -0.2) is 4.79 Å². The number of aliphatic hydroxyl groups is 2. The lowest BCUT2D eigenvalue weighted by Gasteiger charge is -2.09. The van der Waals surface area contributed by atoms with E-state index in [0.29, 0.717) is 17.9 Å². The molecule has 1 atom stereocenters. The molecular weight excluding hydrogens is 284 g/mol. The van der Waals surface area contributed by atoms with Crippen LogP contribution in [0.15, 0.2) is 54.6 Å². The first-order valence-corrected chi connectivity index (χ1v) is 6.92. The van der Waals surface area contributed by atoms with E-state index in [1.165, 1.54) is 0 Å². The molecule has 116 valence electrons. The molecule has 0 radical (unpaired) electrons. The first-order valence-electron chi connectivity index (χ1n) is 6.92. The van der Waals surface area contributed by atoms with Gasteiger partial charge in [-0.1, -0.05) is 30.3 Å². The highest BCUT2D eigenvalue weighted by Gasteiger charge is 2.10. The lowest BCUT2D eigenvalue weighted by atomic mass is 10.2. The SMILES string of the molecule is O=C(OCC(O)CO)c1ccc(OCc2ccccc2)cc1. The van der Waals surface area contributed by atoms with Gasteiger partial charge in [-0.15, -0.1) is 0 Å². The van der Waals surface area contributed by atoms with Crippen LogP contribution >= 0.6 is 0 Å². The highest BCUT2D eigenvalue weighted by Crippen LogP contribution is 2.15. The maximum absolute atomic E-state index is 11.7. The van der Waals surface area contributed by atoms with E-state index in [1.54, 1.807) is 24.3 Å². The molecule has 0 aliphatic carbocycles. The average molecular weight is 302 g/mol. The summed E-state index contributed by atoms with van der Waals surface area (Å²) in [7, 11) is 0. The van der Waals surface area contributed by atoms with Gasteiger partial charge >= 0.3 is 5.97 Å². The van der Waals surface area contributed by atoms with E-state index in [9.17, 15) is 4.79 Å². The zero-order valence-electron chi connectivity index (χ0n) is 12.0. The minimum atomic E-state index is -1.06. The maximum Gasteiger partial charge on any atom is 0.338 e. The summed E-state index contributed by atoms with van der Waals surface area (Å²) >= 11 is 0. The Balaban J connectivity index is 1.86. The minimum absolute atomic E-state index is 0.235. The minimum Gasteiger partial charge on any atom is -0.489 e. The first-order chi connectivity index (χ1) is 10.7. The topological polar surface area (TPSA) is 76.0 Å². The van der Waals surface area contributed by atoms with Gasteiger partial charge in [0.15, 0.2) is 0 Å². The molecule has 2 aromatic carbocycles. The molecule has 0 aromatic heterocycles. The summed E-state index contributed by atoms with van der Waals surface area (Å²) in [6.45, 7) is -0.228. The third-order valence-electron chi connectivity index (χ3n) is 2.96. The van der Waals surface area contributed by atoms with Gasteiger partial charge < -0.3 is 19.7 Å². The van der Waals surface area contributed by atoms with Gasteiger partial charge in [0, 0.05) is 0 Å². The fraction of sp³-hybridized carbons (Fsp3) is 0.235. The lowest BCUT2D eigenvalue weighted by Crippen LogP contribution is -2.21. The van der Waals surface area contributed by atoms with Crippen LogP contribution in [-0.2, 0) is 11.3 Å². The van der Waals surface area contributed by atoms with E-state index in [0.717, 1.165) is 5.56 Å². The van der Waals surface area contributed by atoms with Gasteiger partial charge in [0.25, 0.3) is 0 Å². The van der Waals surface area contributed by atoms with Gasteiger partial charge in [-0.05, 0) is 29.8 Å². The zero-order valence-corrected chi connectivity index (χ0v) is 12.0. The van der Waals surface area contributed by atoms with Crippen molar-refractivity contribution in [3.05, 3.63) is 65.7 Å². The maximum atomic E-state index is 11.7. The van der Waals surface area contributed by atoms with Crippen molar-refractivity contribution in [3.8, 4) is 5.75 Å². The van der Waals surface area contributed by atoms with Crippen LogP contribution in [-0.4, -0.2) is 35.5 Å². The van der Waals surface area contributed by atoms with E-state index >= 15 is 0 Å². The second-order valence-corrected chi connectivity index (χ2v) is 4.73. The number of aliphatic hydroxyl groups excluding tert-OH is 2. The Morgan fingerprint density at radius 2 is 1.73 bits per heavy atom. The first kappa shape index (κ1) is 16.0. The van der Waals surface area contributed by atoms with Crippen LogP contribution in [0.3, 0.4) is 0 Å². The van der Waals surface area contributed by atoms with Crippen molar-refractivity contribution in [1.29, 1.82) is 0 Å². The number of hydrogen-bond acceptors (Lipinski definition) is 5. The summed E-state index contributed by atoms with van der Waals surface area (Å²) in [5.74, 6) is 0.0953. The predicted molar refractivity (Wildman–Crippen MR) is 80.6 cm³/mol. The zero-order chi connectivity index (χ0) is 15.8. The molecule has 0 fully saturated rings. The van der Waals surface area contributed by atoms with Crippen LogP contribution in [0.1, 0.15) is 15.9 Å². The van der Waals surface area contributed by atoms with E-state index in [-0.39, 0.29) is 6.61 Å². The van der Waals surface area contributed by atoms with Gasteiger partial charge in [-0.2, -0.15) is 0 Å². The molecule has 22 heavy (non-hydrogen) atoms. The third-order valence-corrected chi connectivity index (χ3v) is 2.96. The molecule has 0 bridgehead atoms. The molecule has 0 saturated heterocycles. The molecule has 2 aromatic rings. The summed E-state index contributed by atoms with van der Waals surface area (Å²) in [6.07, 6.45) is -1.06. The predicted octanol–water partition coefficient (Wildman–Crippen LogP) is 1.78. The standard InChI is InChI=1S/C17H18O5/c18-10-15(19)12-22-17(20)14-6-8-16(9-7-14)21-11-13-4-2-1-3-5-13/h1-9,15,18-19H,10-12H2. The van der Waals surface area contributed by atoms with Crippen molar-refractivity contribution in [2.24, 2.45) is 0 Å². The number of esters is 1. The largest absolute Gasteiger partial charge is 0.489 e. The van der Waals surface area contributed by atoms with Crippen LogP contribution in [0.5, 0.6) is 5.75 Å². The summed E-state index contributed by atoms with van der Waals surface area (Å²) in [6, 6.07) is 16.3. The highest BCUT2D eigenvalue weighted by atomic mass is 16.5. The van der Waals surface area contributed by atoms with Gasteiger partial charge in [0.1, 0.15) is 25.1 Å². The molecule has 2 rings (SSSR count). The molecule has 0 aliphatic rings. The van der Waals surface area contributed by atoms with E-state index < -0.39 is 18.7 Å². The molecule has 2 N–H and O–H groups in total. The number of hydrogen-bond donors (Lipinski definition) is 2. The second-order valence-electron chi connectivity index (χ2n) is 4.73. The fourth-order valence-corrected chi connectivity index (χ4v) is 1.74. The smallest absolute Gasteiger partial charge is 0.338 e. The second kappa shape index (κ2) is 8.17. The Kier molecular flexibility index (Phi) is 5.94. The quantitative estimate of drug-likeness (QED) is 0.762. The summed E-state index contributed by atoms with van der Waals surface area (Å²) in [5.41, 5.74) is 1.42. The van der Waals surface area contributed by atoms with Gasteiger partial charge in [-0.3, -0.25) is 0 Å². The Bertz CT molecular complexity index is 580. The van der Waals surface area contributed by atoms with Gasteiger partial charge in [0.05, 0.1) is 12.2 Å². The normalized spacial score (nSPS) is 11.7. The molecular formula is C17H18O5. The molecule has 0 spiro atoms. The molecule has 0 heterocycles. The number of rotatable bonds is 7. The van der Waals surface area contributed by atoms with Gasteiger partial charge in [0.2, 0.25) is 0 Å². The summed E-state index contributed by atoms with van der Waals surface area (Å²) < 4.78 is 10.5. The van der Waals surface area contributed by atoms with Crippen molar-refractivity contribution < 1.29 is 24.5 Å². The molecule has 0 saturated carbocycles. The van der Waals surface area contributed by atoms with E-state index in [2.05, 4.69) is 0 Å². The van der Waals surface area contributed by atoms with Crippen LogP contribution in [0.25, 0.3) is 0 Å². The van der Waals surface area contributed by atoms with Crippen LogP contribution in [0.2, 0.25) is 0 Å². The number of carbonyl (C=O) groups is 1. The Hall–Kier alpha value is -2.37. The van der Waals surface area contributed by atoms with Crippen LogP contribution in [0, 0.1) is 0 Å². The third kappa shape index (κ3) is 4.87. The number of carbonyl (C=O) groups excluding carboxylic acids is 1. The van der Waals surface area contributed by atoms with Crippen molar-refractivity contribution in [2.45, 2.75) is 12.7 Å². The molecule has 5 heteroatoms. The van der Waals surface area contributed by atoms with Crippen LogP contribution in [0.4, 0.5) is 0 Å². The monoisotopic (exact) mass is 302 g/mol. The summed E-state index contributed by atoms with van der Waals surface area (Å²) in [4.78, 5) is 11.7. The molecule has 0 amide bonds. The highest BCUT2D eigenvalue weighted by molar-refractivity contribution is 5.89. The average Bonchev–Trinajstić information content (AvgIpc) is 2.59. The Labute approximate surface area is 128 Å². The fourth-order valence-electron chi connectivity index (χ4n) is 1.74. The van der Waals surface area contributed by atoms with Crippen molar-refractivity contribution in [1.82, 2.24) is 0 Å².